The summed E-state index contributed by atoms with van der Waals surface area (Å²) in [4.78, 5) is 12.4. The molecule has 1 N–H and O–H groups in total. The van der Waals surface area contributed by atoms with Gasteiger partial charge in [-0.1, -0.05) is 17.7 Å². The summed E-state index contributed by atoms with van der Waals surface area (Å²) in [7, 11) is 0. The molecule has 0 atom stereocenters. The zero-order chi connectivity index (χ0) is 15.9. The van der Waals surface area contributed by atoms with Crippen molar-refractivity contribution < 1.29 is 14.3 Å². The molecule has 4 nitrogen and oxygen atoms in total. The topological polar surface area (TPSA) is 47.6 Å². The van der Waals surface area contributed by atoms with Crippen molar-refractivity contribution in [2.45, 2.75) is 12.8 Å². The van der Waals surface area contributed by atoms with Crippen molar-refractivity contribution in [3.05, 3.63) is 53.1 Å². The Morgan fingerprint density at radius 1 is 1.04 bits per heavy atom. The summed E-state index contributed by atoms with van der Waals surface area (Å²) in [6.45, 7) is 1.34. The molecule has 2 aromatic carbocycles. The summed E-state index contributed by atoms with van der Waals surface area (Å²) in [6, 6.07) is 12.3. The molecule has 1 fully saturated rings. The molecule has 118 valence electrons. The van der Waals surface area contributed by atoms with Crippen molar-refractivity contribution >= 4 is 23.2 Å². The summed E-state index contributed by atoms with van der Waals surface area (Å²) < 4.78 is 11.7. The van der Waals surface area contributed by atoms with Crippen LogP contribution in [0.1, 0.15) is 23.2 Å². The average Bonchev–Trinajstić information content (AvgIpc) is 3.34. The van der Waals surface area contributed by atoms with Gasteiger partial charge in [0.1, 0.15) is 0 Å². The number of amides is 1. The quantitative estimate of drug-likeness (QED) is 0.900. The van der Waals surface area contributed by atoms with E-state index in [1.165, 1.54) is 0 Å². The molecule has 0 bridgehead atoms. The number of benzene rings is 2. The molecule has 1 heterocycles. The van der Waals surface area contributed by atoms with Crippen molar-refractivity contribution in [3.8, 4) is 11.5 Å². The van der Waals surface area contributed by atoms with Gasteiger partial charge in [0.25, 0.3) is 5.91 Å². The van der Waals surface area contributed by atoms with E-state index >= 15 is 0 Å². The molecule has 1 amide bonds. The van der Waals surface area contributed by atoms with Crippen molar-refractivity contribution in [2.75, 3.05) is 18.5 Å². The number of nitrogens with one attached hydrogen (secondary N) is 1. The van der Waals surface area contributed by atoms with E-state index in [2.05, 4.69) is 5.32 Å². The van der Waals surface area contributed by atoms with Crippen LogP contribution in [-0.2, 0) is 0 Å². The lowest BCUT2D eigenvalue weighted by atomic mass is 10.1. The van der Waals surface area contributed by atoms with Gasteiger partial charge in [0, 0.05) is 21.7 Å². The molecule has 4 rings (SSSR count). The second-order valence-corrected chi connectivity index (χ2v) is 6.64. The Bertz CT molecular complexity index is 771. The lowest BCUT2D eigenvalue weighted by Crippen LogP contribution is -2.17. The lowest BCUT2D eigenvalue weighted by Gasteiger charge is -2.10. The number of fused-ring (bicyclic) bond motifs is 1. The van der Waals surface area contributed by atoms with Crippen LogP contribution in [0.15, 0.2) is 42.5 Å². The van der Waals surface area contributed by atoms with Gasteiger partial charge in [0.05, 0.1) is 13.2 Å². The summed E-state index contributed by atoms with van der Waals surface area (Å²) in [6.07, 6.45) is 2.28. The van der Waals surface area contributed by atoms with E-state index in [-0.39, 0.29) is 11.3 Å². The van der Waals surface area contributed by atoms with Crippen LogP contribution in [0.5, 0.6) is 11.5 Å². The first-order chi connectivity index (χ1) is 11.1. The maximum atomic E-state index is 12.4. The second kappa shape index (κ2) is 5.46. The Morgan fingerprint density at radius 3 is 2.57 bits per heavy atom. The Balaban J connectivity index is 1.53. The van der Waals surface area contributed by atoms with Crippen molar-refractivity contribution in [1.29, 1.82) is 0 Å². The third kappa shape index (κ3) is 2.99. The van der Waals surface area contributed by atoms with E-state index in [9.17, 15) is 4.79 Å². The third-order valence-electron chi connectivity index (χ3n) is 4.31. The van der Waals surface area contributed by atoms with E-state index in [1.807, 2.05) is 0 Å². The first-order valence-electron chi connectivity index (χ1n) is 7.60. The van der Waals surface area contributed by atoms with Crippen LogP contribution in [0.3, 0.4) is 0 Å². The van der Waals surface area contributed by atoms with Crippen LogP contribution >= 0.6 is 11.6 Å². The summed E-state index contributed by atoms with van der Waals surface area (Å²) in [5.41, 5.74) is 1.37. The summed E-state index contributed by atoms with van der Waals surface area (Å²) in [5.74, 6) is 1.13. The van der Waals surface area contributed by atoms with E-state index in [0.717, 1.165) is 12.8 Å². The minimum atomic E-state index is -0.205. The highest BCUT2D eigenvalue weighted by Crippen LogP contribution is 2.49. The van der Waals surface area contributed by atoms with Gasteiger partial charge in [-0.2, -0.15) is 0 Å². The predicted molar refractivity (Wildman–Crippen MR) is 88.5 cm³/mol. The van der Waals surface area contributed by atoms with Crippen LogP contribution in [0.2, 0.25) is 5.02 Å². The van der Waals surface area contributed by atoms with E-state index in [1.54, 1.807) is 42.5 Å². The van der Waals surface area contributed by atoms with Crippen molar-refractivity contribution in [3.63, 3.8) is 0 Å². The molecule has 1 spiro atoms. The standard InChI is InChI=1S/C18H16ClNO3/c19-13-2-1-3-14(9-13)20-17(21)12-4-5-15-16(8-12)23-11-18(6-7-18)10-22-15/h1-5,8-9H,6-7,10-11H2,(H,20,21). The number of hydrogen-bond donors (Lipinski definition) is 1. The third-order valence-corrected chi connectivity index (χ3v) is 4.55. The molecule has 5 heteroatoms. The first kappa shape index (κ1) is 14.4. The smallest absolute Gasteiger partial charge is 0.255 e. The number of halogens is 1. The molecular weight excluding hydrogens is 314 g/mol. The van der Waals surface area contributed by atoms with Gasteiger partial charge in [0.15, 0.2) is 11.5 Å². The van der Waals surface area contributed by atoms with Crippen LogP contribution in [0.25, 0.3) is 0 Å². The lowest BCUT2D eigenvalue weighted by molar-refractivity contribution is 0.102. The fraction of sp³-hybridized carbons (Fsp3) is 0.278. The summed E-state index contributed by atoms with van der Waals surface area (Å²) in [5, 5.41) is 3.41. The Hall–Kier alpha value is -2.20. The molecule has 0 unspecified atom stereocenters. The van der Waals surface area contributed by atoms with E-state index in [0.29, 0.717) is 41.0 Å². The maximum absolute atomic E-state index is 12.4. The van der Waals surface area contributed by atoms with Crippen LogP contribution in [0.4, 0.5) is 5.69 Å². The fourth-order valence-corrected chi connectivity index (χ4v) is 2.81. The zero-order valence-electron chi connectivity index (χ0n) is 12.5. The Kier molecular flexibility index (Phi) is 3.42. The van der Waals surface area contributed by atoms with Gasteiger partial charge in [-0.15, -0.1) is 0 Å². The molecule has 0 aromatic heterocycles. The molecule has 1 saturated carbocycles. The molecule has 23 heavy (non-hydrogen) atoms. The first-order valence-corrected chi connectivity index (χ1v) is 7.98. The predicted octanol–water partition coefficient (Wildman–Crippen LogP) is 4.14. The van der Waals surface area contributed by atoms with Gasteiger partial charge >= 0.3 is 0 Å². The second-order valence-electron chi connectivity index (χ2n) is 6.20. The van der Waals surface area contributed by atoms with E-state index in [4.69, 9.17) is 21.1 Å². The molecule has 1 aliphatic carbocycles. The highest BCUT2D eigenvalue weighted by Gasteiger charge is 2.46. The highest BCUT2D eigenvalue weighted by atomic mass is 35.5. The zero-order valence-corrected chi connectivity index (χ0v) is 13.2. The van der Waals surface area contributed by atoms with E-state index < -0.39 is 0 Å². The molecule has 0 saturated heterocycles. The Labute approximate surface area is 139 Å². The minimum Gasteiger partial charge on any atom is -0.489 e. The summed E-state index contributed by atoms with van der Waals surface area (Å²) >= 11 is 5.93. The van der Waals surface area contributed by atoms with Crippen molar-refractivity contribution in [1.82, 2.24) is 0 Å². The average molecular weight is 330 g/mol. The number of carbonyl (C=O) groups is 1. The molecule has 2 aromatic rings. The van der Waals surface area contributed by atoms with Gasteiger partial charge in [-0.25, -0.2) is 0 Å². The van der Waals surface area contributed by atoms with Crippen LogP contribution in [0, 0.1) is 5.41 Å². The fourth-order valence-electron chi connectivity index (χ4n) is 2.62. The molecule has 2 aliphatic rings. The largest absolute Gasteiger partial charge is 0.489 e. The molecule has 1 aliphatic heterocycles. The van der Waals surface area contributed by atoms with Gasteiger partial charge in [-0.3, -0.25) is 4.79 Å². The number of ether oxygens (including phenoxy) is 2. The van der Waals surface area contributed by atoms with Gasteiger partial charge in [0.2, 0.25) is 0 Å². The normalized spacial score (nSPS) is 17.4. The molecular formula is C18H16ClNO3. The van der Waals surface area contributed by atoms with Crippen LogP contribution in [-0.4, -0.2) is 19.1 Å². The number of anilines is 1. The highest BCUT2D eigenvalue weighted by molar-refractivity contribution is 6.30. The SMILES string of the molecule is O=C(Nc1cccc(Cl)c1)c1ccc2c(c1)OCC1(CC1)CO2. The Morgan fingerprint density at radius 2 is 1.83 bits per heavy atom. The number of rotatable bonds is 2. The maximum Gasteiger partial charge on any atom is 0.255 e. The number of hydrogen-bond acceptors (Lipinski definition) is 3. The monoisotopic (exact) mass is 329 g/mol. The van der Waals surface area contributed by atoms with Gasteiger partial charge in [-0.05, 0) is 49.2 Å². The van der Waals surface area contributed by atoms with Crippen molar-refractivity contribution in [2.24, 2.45) is 5.41 Å². The van der Waals surface area contributed by atoms with Gasteiger partial charge < -0.3 is 14.8 Å². The molecule has 0 radical (unpaired) electrons. The number of carbonyl (C=O) groups excluding carboxylic acids is 1. The van der Waals surface area contributed by atoms with Crippen LogP contribution < -0.4 is 14.8 Å². The minimum absolute atomic E-state index is 0.183.